The minimum Gasteiger partial charge on any atom is -0.462 e. The van der Waals surface area contributed by atoms with E-state index in [9.17, 15) is 43.2 Å². The van der Waals surface area contributed by atoms with Crippen molar-refractivity contribution in [2.24, 2.45) is 0 Å². The number of phosphoric acid groups is 2. The van der Waals surface area contributed by atoms with Crippen molar-refractivity contribution in [1.82, 2.24) is 0 Å². The molecule has 0 aromatic rings. The van der Waals surface area contributed by atoms with Gasteiger partial charge in [-0.2, -0.15) is 0 Å². The van der Waals surface area contributed by atoms with E-state index in [1.165, 1.54) is 161 Å². The predicted octanol–water partition coefficient (Wildman–Crippen LogP) is 19.8. The molecule has 0 amide bonds. The van der Waals surface area contributed by atoms with Crippen molar-refractivity contribution in [2.45, 2.75) is 361 Å². The van der Waals surface area contributed by atoms with Crippen molar-refractivity contribution < 1.29 is 80.2 Å². The van der Waals surface area contributed by atoms with E-state index in [-0.39, 0.29) is 25.7 Å². The van der Waals surface area contributed by atoms with Crippen molar-refractivity contribution >= 4 is 39.5 Å². The van der Waals surface area contributed by atoms with Gasteiger partial charge >= 0.3 is 39.5 Å². The maximum Gasteiger partial charge on any atom is 0.472 e. The third-order valence-electron chi connectivity index (χ3n) is 15.7. The highest BCUT2D eigenvalue weighted by atomic mass is 31.2. The smallest absolute Gasteiger partial charge is 0.462 e. The quantitative estimate of drug-likeness (QED) is 0.0169. The molecule has 0 aliphatic heterocycles. The van der Waals surface area contributed by atoms with E-state index in [4.69, 9.17) is 37.0 Å². The lowest BCUT2D eigenvalue weighted by molar-refractivity contribution is -0.161. The summed E-state index contributed by atoms with van der Waals surface area (Å²) >= 11 is 0. The molecule has 0 fully saturated rings. The zero-order valence-electron chi connectivity index (χ0n) is 56.9. The molecule has 0 aliphatic carbocycles. The van der Waals surface area contributed by atoms with Gasteiger partial charge in [0.1, 0.15) is 19.3 Å². The molecule has 0 saturated carbocycles. The van der Waals surface area contributed by atoms with Crippen molar-refractivity contribution in [2.75, 3.05) is 39.6 Å². The Labute approximate surface area is 542 Å². The molecule has 0 saturated heterocycles. The summed E-state index contributed by atoms with van der Waals surface area (Å²) in [7, 11) is -9.91. The Balaban J connectivity index is 5.27. The summed E-state index contributed by atoms with van der Waals surface area (Å²) in [6.07, 6.45) is 54.7. The van der Waals surface area contributed by atoms with E-state index in [2.05, 4.69) is 52.0 Å². The zero-order chi connectivity index (χ0) is 65.4. The van der Waals surface area contributed by atoms with Gasteiger partial charge in [-0.15, -0.1) is 0 Å². The lowest BCUT2D eigenvalue weighted by Crippen LogP contribution is -2.30. The first kappa shape index (κ1) is 86.5. The van der Waals surface area contributed by atoms with Crippen LogP contribution in [0.1, 0.15) is 342 Å². The summed E-state index contributed by atoms with van der Waals surface area (Å²) in [6.45, 7) is 4.86. The number of esters is 4. The third-order valence-corrected chi connectivity index (χ3v) is 17.6. The largest absolute Gasteiger partial charge is 0.472 e. The number of hydrogen-bond donors (Lipinski definition) is 3. The normalized spacial score (nSPS) is 14.2. The molecule has 19 heteroatoms. The van der Waals surface area contributed by atoms with Gasteiger partial charge in [0.2, 0.25) is 0 Å². The van der Waals surface area contributed by atoms with Gasteiger partial charge < -0.3 is 33.8 Å². The number of aliphatic hydroxyl groups is 1. The minimum absolute atomic E-state index is 0.0858. The van der Waals surface area contributed by atoms with Crippen LogP contribution in [0, 0.1) is 0 Å². The van der Waals surface area contributed by atoms with E-state index in [0.717, 1.165) is 103 Å². The highest BCUT2D eigenvalue weighted by Gasteiger charge is 2.30. The van der Waals surface area contributed by atoms with Gasteiger partial charge in [-0.05, 0) is 51.4 Å². The second-order valence-corrected chi connectivity index (χ2v) is 27.5. The summed E-state index contributed by atoms with van der Waals surface area (Å²) < 4.78 is 68.2. The number of unbranched alkanes of at least 4 members (excludes halogenated alkanes) is 40. The summed E-state index contributed by atoms with van der Waals surface area (Å²) in [5.74, 6) is -2.15. The van der Waals surface area contributed by atoms with Crippen molar-refractivity contribution in [3.8, 4) is 0 Å². The number of carbonyl (C=O) groups is 4. The van der Waals surface area contributed by atoms with Crippen LogP contribution in [0.3, 0.4) is 0 Å². The number of allylic oxidation sites excluding steroid dienone is 4. The SMILES string of the molecule is CCCCCC/C=C\C=C/CCCCCCCC(=O)O[C@H](COC(=O)CCCCCCCCCCCCCCC)COP(=O)(O)OC[C@@H](O)COP(=O)(O)OC[C@@H](COC(=O)CCCCCCCCCCC)OC(=O)CCCCCCCCCCCCCC. The lowest BCUT2D eigenvalue weighted by atomic mass is 10.0. The fourth-order valence-corrected chi connectivity index (χ4v) is 11.7. The maximum atomic E-state index is 13.0. The summed E-state index contributed by atoms with van der Waals surface area (Å²) in [5, 5.41) is 10.6. The second kappa shape index (κ2) is 64.3. The van der Waals surface area contributed by atoms with E-state index in [1.807, 2.05) is 0 Å². The maximum absolute atomic E-state index is 13.0. The van der Waals surface area contributed by atoms with Crippen LogP contribution in [0.4, 0.5) is 0 Å². The van der Waals surface area contributed by atoms with Crippen LogP contribution < -0.4 is 0 Å². The molecule has 5 atom stereocenters. The number of hydrogen-bond acceptors (Lipinski definition) is 15. The minimum atomic E-state index is -4.96. The zero-order valence-corrected chi connectivity index (χ0v) is 58.7. The number of rotatable bonds is 69. The molecule has 0 spiro atoms. The summed E-state index contributed by atoms with van der Waals surface area (Å²) in [4.78, 5) is 72.5. The van der Waals surface area contributed by atoms with Crippen LogP contribution >= 0.6 is 15.6 Å². The number of phosphoric ester groups is 2. The van der Waals surface area contributed by atoms with Crippen LogP contribution in [-0.4, -0.2) is 96.7 Å². The molecule has 0 aliphatic rings. The molecule has 89 heavy (non-hydrogen) atoms. The molecule has 524 valence electrons. The Morgan fingerprint density at radius 2 is 0.539 bits per heavy atom. The average molecular weight is 1310 g/mol. The molecule has 0 heterocycles. The summed E-state index contributed by atoms with van der Waals surface area (Å²) in [5.41, 5.74) is 0. The monoisotopic (exact) mass is 1310 g/mol. The number of aliphatic hydroxyl groups excluding tert-OH is 1. The van der Waals surface area contributed by atoms with Gasteiger partial charge in [0.25, 0.3) is 0 Å². The Morgan fingerprint density at radius 3 is 0.820 bits per heavy atom. The van der Waals surface area contributed by atoms with Crippen LogP contribution in [0.25, 0.3) is 0 Å². The van der Waals surface area contributed by atoms with Crippen molar-refractivity contribution in [3.05, 3.63) is 24.3 Å². The molecule has 0 aromatic heterocycles. The first-order valence-electron chi connectivity index (χ1n) is 36.1. The molecule has 0 radical (unpaired) electrons. The fraction of sp³-hybridized carbons (Fsp3) is 0.886. The molecule has 0 aromatic carbocycles. The van der Waals surface area contributed by atoms with Crippen LogP contribution in [-0.2, 0) is 65.4 Å². The highest BCUT2D eigenvalue weighted by molar-refractivity contribution is 7.47. The standard InChI is InChI=1S/C70H132O17P2/c1-5-9-13-17-21-25-28-31-32-34-37-41-45-49-53-57-70(75)87-66(61-81-68(73)55-51-47-43-39-36-33-29-26-22-18-14-10-6-2)63-85-89(78,79)83-59-64(71)58-82-88(76,77)84-62-65(60-80-67(72)54-50-46-42-38-24-20-16-12-8-4)86-69(74)56-52-48-44-40-35-30-27-23-19-15-11-7-3/h25,28,31-32,64-66,71H,5-24,26-27,29-30,33-63H2,1-4H3,(H,76,77)(H,78,79)/b28-25-,32-31-/t64-,65+,66+/m0/s1. The molecular formula is C70H132O17P2. The predicted molar refractivity (Wildman–Crippen MR) is 358 cm³/mol. The van der Waals surface area contributed by atoms with E-state index < -0.39 is 97.5 Å². The van der Waals surface area contributed by atoms with Crippen molar-refractivity contribution in [3.63, 3.8) is 0 Å². The average Bonchev–Trinajstić information content (AvgIpc) is 3.73. The lowest BCUT2D eigenvalue weighted by Gasteiger charge is -2.21. The van der Waals surface area contributed by atoms with Gasteiger partial charge in [-0.3, -0.25) is 37.3 Å². The molecule has 0 rings (SSSR count). The molecule has 2 unspecified atom stereocenters. The van der Waals surface area contributed by atoms with Gasteiger partial charge in [0.15, 0.2) is 12.2 Å². The van der Waals surface area contributed by atoms with Crippen molar-refractivity contribution in [1.29, 1.82) is 0 Å². The van der Waals surface area contributed by atoms with Crippen LogP contribution in [0.5, 0.6) is 0 Å². The Kier molecular flexibility index (Phi) is 62.5. The molecule has 0 bridgehead atoms. The van der Waals surface area contributed by atoms with Crippen LogP contribution in [0.15, 0.2) is 24.3 Å². The molecule has 17 nitrogen and oxygen atoms in total. The van der Waals surface area contributed by atoms with Gasteiger partial charge in [-0.25, -0.2) is 9.13 Å². The van der Waals surface area contributed by atoms with E-state index in [0.29, 0.717) is 25.7 Å². The first-order chi connectivity index (χ1) is 43.2. The highest BCUT2D eigenvalue weighted by Crippen LogP contribution is 2.45. The Bertz CT molecular complexity index is 1800. The Morgan fingerprint density at radius 1 is 0.315 bits per heavy atom. The number of ether oxygens (including phenoxy) is 4. The van der Waals surface area contributed by atoms with Gasteiger partial charge in [-0.1, -0.05) is 290 Å². The van der Waals surface area contributed by atoms with Crippen LogP contribution in [0.2, 0.25) is 0 Å². The van der Waals surface area contributed by atoms with E-state index >= 15 is 0 Å². The van der Waals surface area contributed by atoms with Gasteiger partial charge in [0.05, 0.1) is 26.4 Å². The Hall–Kier alpha value is -2.46. The number of carbonyl (C=O) groups excluding carboxylic acids is 4. The fourth-order valence-electron chi connectivity index (χ4n) is 10.2. The molecule has 3 N–H and O–H groups in total. The first-order valence-corrected chi connectivity index (χ1v) is 39.1. The third kappa shape index (κ3) is 64.1. The summed E-state index contributed by atoms with van der Waals surface area (Å²) in [6, 6.07) is 0. The van der Waals surface area contributed by atoms with E-state index in [1.54, 1.807) is 0 Å². The van der Waals surface area contributed by atoms with Gasteiger partial charge in [0, 0.05) is 25.7 Å². The second-order valence-electron chi connectivity index (χ2n) is 24.6. The molecular weight excluding hydrogens is 1170 g/mol. The topological polar surface area (TPSA) is 237 Å².